The second-order valence-corrected chi connectivity index (χ2v) is 15.5. The number of aliphatic imine (C=N–C) groups is 2. The lowest BCUT2D eigenvalue weighted by atomic mass is 9.93. The van der Waals surface area contributed by atoms with E-state index in [9.17, 15) is 9.59 Å². The Morgan fingerprint density at radius 1 is 0.673 bits per heavy atom. The monoisotopic (exact) mass is 742 g/mol. The van der Waals surface area contributed by atoms with Crippen molar-refractivity contribution in [1.29, 1.82) is 0 Å². The molecule has 4 aliphatic rings. The second-order valence-electron chi connectivity index (χ2n) is 15.5. The van der Waals surface area contributed by atoms with Gasteiger partial charge >= 0.3 is 0 Å². The van der Waals surface area contributed by atoms with Gasteiger partial charge in [0.05, 0.1) is 68.6 Å². The summed E-state index contributed by atoms with van der Waals surface area (Å²) in [6.45, 7) is 8.52. The maximum absolute atomic E-state index is 14.0. The number of carbonyl (C=O) groups excluding carboxylic acids is 2. The second kappa shape index (κ2) is 14.9. The molecule has 4 aliphatic heterocycles. The maximum atomic E-state index is 14.0. The van der Waals surface area contributed by atoms with Gasteiger partial charge in [-0.15, -0.1) is 0 Å². The van der Waals surface area contributed by atoms with Gasteiger partial charge in [0, 0.05) is 61.8 Å². The van der Waals surface area contributed by atoms with Crippen LogP contribution >= 0.6 is 0 Å². The third kappa shape index (κ3) is 7.16. The Bertz CT molecular complexity index is 2210. The summed E-state index contributed by atoms with van der Waals surface area (Å²) in [7, 11) is 3.11. The summed E-state index contributed by atoms with van der Waals surface area (Å²) in [6, 6.07) is 20.8. The van der Waals surface area contributed by atoms with Gasteiger partial charge in [-0.3, -0.25) is 29.4 Å². The zero-order valence-corrected chi connectivity index (χ0v) is 32.0. The number of ether oxygens (including phenoxy) is 5. The van der Waals surface area contributed by atoms with E-state index in [0.29, 0.717) is 84.8 Å². The molecule has 4 aromatic rings. The molecule has 2 atom stereocenters. The normalized spacial score (nSPS) is 17.8. The molecule has 0 aromatic heterocycles. The average Bonchev–Trinajstić information content (AvgIpc) is 3.66. The molecule has 2 amide bonds. The van der Waals surface area contributed by atoms with Gasteiger partial charge in [0.2, 0.25) is 0 Å². The zero-order valence-electron chi connectivity index (χ0n) is 32.0. The molecule has 284 valence electrons. The highest BCUT2D eigenvalue weighted by Gasteiger charge is 2.38. The van der Waals surface area contributed by atoms with Crippen molar-refractivity contribution in [2.75, 3.05) is 43.8 Å². The van der Waals surface area contributed by atoms with Crippen molar-refractivity contribution in [3.63, 3.8) is 0 Å². The molecule has 0 unspecified atom stereocenters. The number of anilines is 2. The van der Waals surface area contributed by atoms with Gasteiger partial charge < -0.3 is 23.7 Å². The largest absolute Gasteiger partial charge is 0.493 e. The Balaban J connectivity index is 0.902. The van der Waals surface area contributed by atoms with Crippen LogP contribution in [0.15, 0.2) is 76.7 Å². The number of fused-ring (bicyclic) bond motifs is 8. The molecule has 0 bridgehead atoms. The molecule has 11 nitrogen and oxygen atoms in total. The molecule has 0 aliphatic carbocycles. The highest BCUT2D eigenvalue weighted by Crippen LogP contribution is 2.43. The van der Waals surface area contributed by atoms with Gasteiger partial charge in [0.1, 0.15) is 0 Å². The first-order valence-electron chi connectivity index (χ1n) is 18.8. The Hall–Kier alpha value is -5.68. The van der Waals surface area contributed by atoms with E-state index in [0.717, 1.165) is 40.9 Å². The quantitative estimate of drug-likeness (QED) is 0.135. The van der Waals surface area contributed by atoms with E-state index in [1.807, 2.05) is 58.6 Å². The minimum Gasteiger partial charge on any atom is -0.493 e. The lowest BCUT2D eigenvalue weighted by Crippen LogP contribution is -2.37. The van der Waals surface area contributed by atoms with Gasteiger partial charge in [-0.1, -0.05) is 51.1 Å². The van der Waals surface area contributed by atoms with Gasteiger partial charge in [-0.2, -0.15) is 0 Å². The van der Waals surface area contributed by atoms with E-state index in [2.05, 4.69) is 26.8 Å². The van der Waals surface area contributed by atoms with E-state index < -0.39 is 0 Å². The lowest BCUT2D eigenvalue weighted by Gasteiger charge is -2.22. The molecule has 0 saturated carbocycles. The summed E-state index contributed by atoms with van der Waals surface area (Å²) in [5.74, 6) is 1.63. The fourth-order valence-electron chi connectivity index (χ4n) is 7.58. The van der Waals surface area contributed by atoms with Crippen LogP contribution in [0.5, 0.6) is 23.0 Å². The topological polar surface area (TPSA) is 111 Å². The minimum absolute atomic E-state index is 0.117. The van der Waals surface area contributed by atoms with Crippen molar-refractivity contribution >= 4 is 47.0 Å². The van der Waals surface area contributed by atoms with Gasteiger partial charge in [0.25, 0.3) is 11.8 Å². The number of methoxy groups -OCH3 is 2. The van der Waals surface area contributed by atoms with Crippen LogP contribution in [-0.2, 0) is 24.2 Å². The predicted molar refractivity (Wildman–Crippen MR) is 213 cm³/mol. The predicted octanol–water partition coefficient (Wildman–Crippen LogP) is 8.08. The van der Waals surface area contributed by atoms with Crippen LogP contribution in [0.1, 0.15) is 71.0 Å². The number of hydrogen-bond donors (Lipinski definition) is 0. The molecule has 0 radical (unpaired) electrons. The summed E-state index contributed by atoms with van der Waals surface area (Å²) in [5.41, 5.74) is 7.35. The van der Waals surface area contributed by atoms with Crippen molar-refractivity contribution in [1.82, 2.24) is 0 Å². The Morgan fingerprint density at radius 2 is 1.24 bits per heavy atom. The lowest BCUT2D eigenvalue weighted by molar-refractivity contribution is 0.0961. The van der Waals surface area contributed by atoms with Crippen molar-refractivity contribution in [3.05, 3.63) is 94.5 Å². The number of amides is 2. The number of hydrogen-bond acceptors (Lipinski definition) is 9. The van der Waals surface area contributed by atoms with Crippen LogP contribution in [0.3, 0.4) is 0 Å². The molecule has 0 fully saturated rings. The molecule has 11 heteroatoms. The maximum Gasteiger partial charge on any atom is 0.261 e. The summed E-state index contributed by atoms with van der Waals surface area (Å²) < 4.78 is 29.6. The van der Waals surface area contributed by atoms with Crippen LogP contribution in [0.2, 0.25) is 0 Å². The number of rotatable bonds is 12. The fraction of sp³-hybridized carbons (Fsp3) is 0.364. The van der Waals surface area contributed by atoms with Gasteiger partial charge in [-0.05, 0) is 52.8 Å². The number of benzene rings is 4. The molecule has 4 heterocycles. The first-order chi connectivity index (χ1) is 26.6. The van der Waals surface area contributed by atoms with Crippen LogP contribution in [0.4, 0.5) is 22.7 Å². The first-order valence-corrected chi connectivity index (χ1v) is 18.8. The van der Waals surface area contributed by atoms with Gasteiger partial charge in [0.15, 0.2) is 23.0 Å². The summed E-state index contributed by atoms with van der Waals surface area (Å²) in [4.78, 5) is 40.9. The minimum atomic E-state index is -0.192. The number of carbonyl (C=O) groups is 2. The number of para-hydroxylation sites is 1. The summed E-state index contributed by atoms with van der Waals surface area (Å²) >= 11 is 0. The summed E-state index contributed by atoms with van der Waals surface area (Å²) in [6.07, 6.45) is 6.62. The zero-order chi connectivity index (χ0) is 38.3. The molecule has 0 spiro atoms. The highest BCUT2D eigenvalue weighted by atomic mass is 16.5. The van der Waals surface area contributed by atoms with Crippen molar-refractivity contribution in [2.45, 2.75) is 65.1 Å². The van der Waals surface area contributed by atoms with E-state index >= 15 is 0 Å². The van der Waals surface area contributed by atoms with Crippen LogP contribution < -0.4 is 28.7 Å². The molecule has 4 aromatic carbocycles. The summed E-state index contributed by atoms with van der Waals surface area (Å²) in [5, 5.41) is 0. The van der Waals surface area contributed by atoms with Crippen molar-refractivity contribution in [3.8, 4) is 23.0 Å². The molecule has 0 saturated heterocycles. The van der Waals surface area contributed by atoms with Gasteiger partial charge in [-0.25, -0.2) is 0 Å². The van der Waals surface area contributed by atoms with E-state index in [-0.39, 0.29) is 29.3 Å². The van der Waals surface area contributed by atoms with E-state index in [4.69, 9.17) is 33.7 Å². The SMILES string of the molecule is COc1cc2c(cc1OCCCOc1cc3c(cc1OC)C(=O)N1c4ccc(COCCC(C)(C)C)cc4C[C@H]1C=N3)N=C[C@@H]1Cc3ccccc3N1C2=O. The molecule has 8 rings (SSSR count). The fourth-order valence-corrected chi connectivity index (χ4v) is 7.58. The third-order valence-corrected chi connectivity index (χ3v) is 10.5. The molecule has 55 heavy (non-hydrogen) atoms. The molecule has 0 N–H and O–H groups in total. The van der Waals surface area contributed by atoms with Crippen molar-refractivity contribution in [2.24, 2.45) is 15.4 Å². The van der Waals surface area contributed by atoms with E-state index in [1.54, 1.807) is 38.5 Å². The standard InChI is InChI=1S/C44H46N4O7/c1-44(2,3)13-16-53-26-27-11-12-37-29(17-27)19-31-25-46-35-23-41(39(52-5)21-33(35)43(50)48(31)37)55-15-8-14-54-40-22-34-32(20-38(40)51-4)42(49)47-30(24-45-34)18-28-9-6-7-10-36(28)47/h6-7,9-12,17,20-25,30-31H,8,13-16,18-19,26H2,1-5H3/t30-,31-/m0/s1. The smallest absolute Gasteiger partial charge is 0.261 e. The third-order valence-electron chi connectivity index (χ3n) is 10.5. The van der Waals surface area contributed by atoms with Crippen LogP contribution in [0, 0.1) is 5.41 Å². The Kier molecular flexibility index (Phi) is 9.81. The average molecular weight is 743 g/mol. The van der Waals surface area contributed by atoms with Crippen molar-refractivity contribution < 1.29 is 33.3 Å². The van der Waals surface area contributed by atoms with Crippen LogP contribution in [0.25, 0.3) is 0 Å². The highest BCUT2D eigenvalue weighted by molar-refractivity contribution is 6.15. The molecular formula is C44H46N4O7. The first kappa shape index (κ1) is 36.3. The Morgan fingerprint density at radius 3 is 1.82 bits per heavy atom. The van der Waals surface area contributed by atoms with Crippen LogP contribution in [-0.4, -0.2) is 70.4 Å². The Labute approximate surface area is 321 Å². The molecular weight excluding hydrogens is 697 g/mol. The number of nitrogens with zero attached hydrogens (tertiary/aromatic N) is 4. The van der Waals surface area contributed by atoms with E-state index in [1.165, 1.54) is 0 Å².